The molecule has 102 valence electrons. The molecule has 0 radical (unpaired) electrons. The van der Waals surface area contributed by atoms with Crippen LogP contribution < -0.4 is 5.32 Å². The Morgan fingerprint density at radius 2 is 1.95 bits per heavy atom. The maximum Gasteiger partial charge on any atom is 0.199 e. The zero-order chi connectivity index (χ0) is 14.3. The second kappa shape index (κ2) is 4.77. The number of nitriles is 1. The Kier molecular flexibility index (Phi) is 3.21. The molecule has 0 saturated carbocycles. The van der Waals surface area contributed by atoms with Crippen LogP contribution in [0.4, 0.5) is 5.00 Å². The largest absolute Gasteiger partial charge is 0.367 e. The minimum Gasteiger partial charge on any atom is -0.367 e. The van der Waals surface area contributed by atoms with Gasteiger partial charge in [-0.1, -0.05) is 23.7 Å². The molecule has 1 aromatic heterocycles. The topological polar surface area (TPSA) is 70.0 Å². The Bertz CT molecular complexity index is 791. The highest BCUT2D eigenvalue weighted by Crippen LogP contribution is 2.41. The van der Waals surface area contributed by atoms with E-state index in [1.54, 1.807) is 29.6 Å². The molecule has 0 amide bonds. The van der Waals surface area contributed by atoms with E-state index in [0.29, 0.717) is 10.0 Å². The highest BCUT2D eigenvalue weighted by atomic mass is 35.5. The molecule has 0 bridgehead atoms. The van der Waals surface area contributed by atoms with E-state index >= 15 is 0 Å². The number of hydrogen-bond donors (Lipinski definition) is 1. The molecule has 1 aliphatic rings. The number of nitrogens with one attached hydrogen (secondary N) is 1. The lowest BCUT2D eigenvalue weighted by Gasteiger charge is -2.29. The van der Waals surface area contributed by atoms with Crippen LogP contribution in [-0.2, 0) is 9.84 Å². The Morgan fingerprint density at radius 1 is 1.25 bits per heavy atom. The number of hydrogen-bond acceptors (Lipinski definition) is 5. The molecule has 1 N–H and O–H groups in total. The first kappa shape index (κ1) is 13.4. The van der Waals surface area contributed by atoms with Crippen molar-refractivity contribution in [3.63, 3.8) is 0 Å². The zero-order valence-electron chi connectivity index (χ0n) is 10.1. The normalized spacial score (nSPS) is 23.4. The van der Waals surface area contributed by atoms with Gasteiger partial charge in [0.1, 0.15) is 9.90 Å². The number of benzene rings is 1. The van der Waals surface area contributed by atoms with Gasteiger partial charge in [0.15, 0.2) is 15.1 Å². The van der Waals surface area contributed by atoms with Gasteiger partial charge in [-0.15, -0.1) is 11.3 Å². The van der Waals surface area contributed by atoms with Gasteiger partial charge < -0.3 is 5.32 Å². The molecule has 0 fully saturated rings. The van der Waals surface area contributed by atoms with Gasteiger partial charge in [0, 0.05) is 5.02 Å². The highest BCUT2D eigenvalue weighted by molar-refractivity contribution is 7.92. The van der Waals surface area contributed by atoms with E-state index in [0.717, 1.165) is 5.56 Å². The van der Waals surface area contributed by atoms with Crippen molar-refractivity contribution in [3.8, 4) is 6.07 Å². The van der Waals surface area contributed by atoms with E-state index in [4.69, 9.17) is 11.6 Å². The second-order valence-electron chi connectivity index (χ2n) is 4.38. The molecule has 3 rings (SSSR count). The van der Waals surface area contributed by atoms with Crippen molar-refractivity contribution >= 4 is 37.8 Å². The Balaban J connectivity index is 2.14. The molecule has 2 atom stereocenters. The van der Waals surface area contributed by atoms with Gasteiger partial charge in [-0.2, -0.15) is 5.26 Å². The van der Waals surface area contributed by atoms with Crippen molar-refractivity contribution in [2.75, 3.05) is 5.32 Å². The van der Waals surface area contributed by atoms with E-state index in [1.165, 1.54) is 17.4 Å². The summed E-state index contributed by atoms with van der Waals surface area (Å²) in [5.74, 6) is 0. The summed E-state index contributed by atoms with van der Waals surface area (Å²) in [5.41, 5.74) is 0.726. The van der Waals surface area contributed by atoms with Gasteiger partial charge in [0.2, 0.25) is 0 Å². The van der Waals surface area contributed by atoms with Crippen LogP contribution in [0.1, 0.15) is 11.6 Å². The Hall–Kier alpha value is -1.55. The fourth-order valence-electron chi connectivity index (χ4n) is 2.23. The molecule has 2 aromatic rings. The van der Waals surface area contributed by atoms with Gasteiger partial charge >= 0.3 is 0 Å². The fourth-order valence-corrected chi connectivity index (χ4v) is 5.23. The van der Waals surface area contributed by atoms with Crippen LogP contribution >= 0.6 is 22.9 Å². The van der Waals surface area contributed by atoms with Crippen molar-refractivity contribution in [1.82, 2.24) is 0 Å². The minimum absolute atomic E-state index is 0.208. The molecule has 20 heavy (non-hydrogen) atoms. The summed E-state index contributed by atoms with van der Waals surface area (Å²) < 4.78 is 24.9. The van der Waals surface area contributed by atoms with Crippen LogP contribution in [-0.4, -0.2) is 13.7 Å². The quantitative estimate of drug-likeness (QED) is 0.874. The Morgan fingerprint density at radius 3 is 2.60 bits per heavy atom. The number of rotatable bonds is 1. The number of halogens is 1. The van der Waals surface area contributed by atoms with Crippen LogP contribution in [0.5, 0.6) is 0 Å². The maximum atomic E-state index is 12.5. The minimum atomic E-state index is -3.64. The van der Waals surface area contributed by atoms with Crippen molar-refractivity contribution in [2.45, 2.75) is 16.2 Å². The summed E-state index contributed by atoms with van der Waals surface area (Å²) in [6, 6.07) is 9.69. The number of thiophene rings is 1. The van der Waals surface area contributed by atoms with Gasteiger partial charge in [-0.25, -0.2) is 8.42 Å². The zero-order valence-corrected chi connectivity index (χ0v) is 12.5. The fraction of sp³-hybridized carbons (Fsp3) is 0.154. The SMILES string of the molecule is N#C[C@@H]1[C@@H](c2ccc(Cl)cc2)Nc2sccc2S1(=O)=O. The first-order chi connectivity index (χ1) is 9.54. The smallest absolute Gasteiger partial charge is 0.199 e. The third-order valence-electron chi connectivity index (χ3n) is 3.22. The Labute approximate surface area is 125 Å². The molecule has 0 spiro atoms. The molecule has 1 aromatic carbocycles. The molecular weight excluding hydrogens is 316 g/mol. The van der Waals surface area contributed by atoms with Gasteiger partial charge in [-0.05, 0) is 29.1 Å². The predicted molar refractivity (Wildman–Crippen MR) is 78.7 cm³/mol. The summed E-state index contributed by atoms with van der Waals surface area (Å²) in [6.07, 6.45) is 0. The lowest BCUT2D eigenvalue weighted by atomic mass is 10.0. The van der Waals surface area contributed by atoms with E-state index in [2.05, 4.69) is 5.32 Å². The lowest BCUT2D eigenvalue weighted by Crippen LogP contribution is -2.36. The molecular formula is C13H9ClN2O2S2. The van der Waals surface area contributed by atoms with E-state index in [9.17, 15) is 13.7 Å². The second-order valence-corrected chi connectivity index (χ2v) is 7.77. The summed E-state index contributed by atoms with van der Waals surface area (Å²) >= 11 is 7.15. The summed E-state index contributed by atoms with van der Waals surface area (Å²) in [4.78, 5) is 0.208. The van der Waals surface area contributed by atoms with E-state index in [-0.39, 0.29) is 4.90 Å². The molecule has 4 nitrogen and oxygen atoms in total. The van der Waals surface area contributed by atoms with Crippen LogP contribution in [0.25, 0.3) is 0 Å². The summed E-state index contributed by atoms with van der Waals surface area (Å²) in [6.45, 7) is 0. The standard InChI is InChI=1S/C13H9ClN2O2S2/c14-9-3-1-8(2-4-9)12-11(7-15)20(17,18)10-5-6-19-13(10)16-12/h1-6,11-12,16H/t11-,12-/m1/s1. The molecule has 7 heteroatoms. The lowest BCUT2D eigenvalue weighted by molar-refractivity contribution is 0.577. The molecule has 2 heterocycles. The van der Waals surface area contributed by atoms with E-state index in [1.807, 2.05) is 6.07 Å². The third kappa shape index (κ3) is 1.99. The first-order valence-corrected chi connectivity index (χ1v) is 8.57. The number of anilines is 1. The van der Waals surface area contributed by atoms with Gasteiger partial charge in [-0.3, -0.25) is 0 Å². The van der Waals surface area contributed by atoms with Crippen molar-refractivity contribution in [2.24, 2.45) is 0 Å². The van der Waals surface area contributed by atoms with Gasteiger partial charge in [0.05, 0.1) is 12.1 Å². The highest BCUT2D eigenvalue weighted by Gasteiger charge is 2.42. The van der Waals surface area contributed by atoms with Crippen LogP contribution in [0, 0.1) is 11.3 Å². The average molecular weight is 325 g/mol. The van der Waals surface area contributed by atoms with Crippen molar-refractivity contribution < 1.29 is 8.42 Å². The monoisotopic (exact) mass is 324 g/mol. The molecule has 0 aliphatic carbocycles. The number of nitrogens with zero attached hydrogens (tertiary/aromatic N) is 1. The summed E-state index contributed by atoms with van der Waals surface area (Å²) in [7, 11) is -3.64. The van der Waals surface area contributed by atoms with Crippen molar-refractivity contribution in [3.05, 3.63) is 46.3 Å². The first-order valence-electron chi connectivity index (χ1n) is 5.77. The maximum absolute atomic E-state index is 12.5. The average Bonchev–Trinajstić information content (AvgIpc) is 2.88. The van der Waals surface area contributed by atoms with Crippen molar-refractivity contribution in [1.29, 1.82) is 5.26 Å². The number of fused-ring (bicyclic) bond motifs is 1. The predicted octanol–water partition coefficient (Wildman–Crippen LogP) is 3.23. The van der Waals surface area contributed by atoms with Gasteiger partial charge in [0.25, 0.3) is 0 Å². The third-order valence-corrected chi connectivity index (χ3v) is 6.44. The van der Waals surface area contributed by atoms with Crippen LogP contribution in [0.15, 0.2) is 40.6 Å². The number of sulfone groups is 1. The summed E-state index contributed by atoms with van der Waals surface area (Å²) in [5, 5.41) is 14.1. The van der Waals surface area contributed by atoms with Crippen LogP contribution in [0.3, 0.4) is 0 Å². The van der Waals surface area contributed by atoms with E-state index < -0.39 is 21.1 Å². The van der Waals surface area contributed by atoms with Crippen LogP contribution in [0.2, 0.25) is 5.02 Å². The molecule has 0 unspecified atom stereocenters. The molecule has 1 aliphatic heterocycles. The molecule has 0 saturated heterocycles.